The van der Waals surface area contributed by atoms with Gasteiger partial charge in [0.25, 0.3) is 0 Å². The van der Waals surface area contributed by atoms with Gasteiger partial charge in [0.1, 0.15) is 0 Å². The fourth-order valence-corrected chi connectivity index (χ4v) is 2.39. The second-order valence-electron chi connectivity index (χ2n) is 3.95. The molecule has 0 fully saturated rings. The summed E-state index contributed by atoms with van der Waals surface area (Å²) in [6.45, 7) is 7.53. The first-order valence-corrected chi connectivity index (χ1v) is 7.30. The molecule has 0 spiro atoms. The van der Waals surface area contributed by atoms with E-state index in [2.05, 4.69) is 35.0 Å². The lowest BCUT2D eigenvalue weighted by molar-refractivity contribution is 0.287. The SMILES string of the molecule is CCOc1ccc(C(C)CCBr)cc1OCC. The van der Waals surface area contributed by atoms with E-state index in [1.807, 2.05) is 19.9 Å². The summed E-state index contributed by atoms with van der Waals surface area (Å²) in [5, 5.41) is 1.02. The van der Waals surface area contributed by atoms with Crippen molar-refractivity contribution in [2.75, 3.05) is 18.5 Å². The van der Waals surface area contributed by atoms with E-state index in [0.717, 1.165) is 23.2 Å². The maximum Gasteiger partial charge on any atom is 0.161 e. The van der Waals surface area contributed by atoms with Crippen LogP contribution in [-0.2, 0) is 0 Å². The highest BCUT2D eigenvalue weighted by Crippen LogP contribution is 2.32. The third-order valence-corrected chi connectivity index (χ3v) is 3.14. The zero-order valence-electron chi connectivity index (χ0n) is 10.8. The first-order valence-electron chi connectivity index (χ1n) is 6.18. The number of hydrogen-bond donors (Lipinski definition) is 0. The van der Waals surface area contributed by atoms with Crippen LogP contribution in [0.15, 0.2) is 18.2 Å². The van der Waals surface area contributed by atoms with Gasteiger partial charge in [-0.25, -0.2) is 0 Å². The van der Waals surface area contributed by atoms with Crippen molar-refractivity contribution in [1.29, 1.82) is 0 Å². The lowest BCUT2D eigenvalue weighted by atomic mass is 9.98. The van der Waals surface area contributed by atoms with Gasteiger partial charge >= 0.3 is 0 Å². The molecule has 0 aromatic heterocycles. The van der Waals surface area contributed by atoms with E-state index in [1.54, 1.807) is 0 Å². The van der Waals surface area contributed by atoms with Crippen molar-refractivity contribution in [2.45, 2.75) is 33.1 Å². The molecular formula is C14H21BrO2. The van der Waals surface area contributed by atoms with Crippen LogP contribution in [0.1, 0.15) is 38.7 Å². The van der Waals surface area contributed by atoms with Crippen LogP contribution in [0.2, 0.25) is 0 Å². The molecule has 2 nitrogen and oxygen atoms in total. The molecule has 1 atom stereocenters. The molecule has 0 bridgehead atoms. The van der Waals surface area contributed by atoms with Gasteiger partial charge < -0.3 is 9.47 Å². The fraction of sp³-hybridized carbons (Fsp3) is 0.571. The van der Waals surface area contributed by atoms with Gasteiger partial charge in [-0.3, -0.25) is 0 Å². The predicted molar refractivity (Wildman–Crippen MR) is 75.6 cm³/mol. The first-order chi connectivity index (χ1) is 8.22. The number of ether oxygens (including phenoxy) is 2. The third kappa shape index (κ3) is 4.23. The first kappa shape index (κ1) is 14.4. The molecule has 1 rings (SSSR count). The summed E-state index contributed by atoms with van der Waals surface area (Å²) in [6, 6.07) is 6.23. The highest BCUT2D eigenvalue weighted by atomic mass is 79.9. The standard InChI is InChI=1S/C14H21BrO2/c1-4-16-13-7-6-12(11(3)8-9-15)10-14(13)17-5-2/h6-7,10-11H,4-5,8-9H2,1-3H3. The van der Waals surface area contributed by atoms with E-state index >= 15 is 0 Å². The van der Waals surface area contributed by atoms with E-state index in [0.29, 0.717) is 19.1 Å². The Bertz CT molecular complexity index is 339. The van der Waals surface area contributed by atoms with Crippen LogP contribution in [0, 0.1) is 0 Å². The molecule has 17 heavy (non-hydrogen) atoms. The molecule has 1 aromatic rings. The van der Waals surface area contributed by atoms with Gasteiger partial charge in [0.15, 0.2) is 11.5 Å². The predicted octanol–water partition coefficient (Wildman–Crippen LogP) is 4.37. The van der Waals surface area contributed by atoms with Crippen LogP contribution in [-0.4, -0.2) is 18.5 Å². The summed E-state index contributed by atoms with van der Waals surface area (Å²) in [6.07, 6.45) is 1.12. The van der Waals surface area contributed by atoms with Crippen LogP contribution in [0.25, 0.3) is 0 Å². The van der Waals surface area contributed by atoms with Crippen LogP contribution < -0.4 is 9.47 Å². The molecule has 96 valence electrons. The van der Waals surface area contributed by atoms with E-state index in [1.165, 1.54) is 5.56 Å². The number of halogens is 1. The van der Waals surface area contributed by atoms with Crippen LogP contribution in [0.4, 0.5) is 0 Å². The minimum Gasteiger partial charge on any atom is -0.490 e. The van der Waals surface area contributed by atoms with Crippen molar-refractivity contribution in [3.63, 3.8) is 0 Å². The molecular weight excluding hydrogens is 280 g/mol. The van der Waals surface area contributed by atoms with Crippen molar-refractivity contribution in [1.82, 2.24) is 0 Å². The van der Waals surface area contributed by atoms with Gasteiger partial charge in [-0.1, -0.05) is 28.9 Å². The van der Waals surface area contributed by atoms with Crippen molar-refractivity contribution >= 4 is 15.9 Å². The zero-order chi connectivity index (χ0) is 12.7. The van der Waals surface area contributed by atoms with E-state index in [4.69, 9.17) is 9.47 Å². The number of alkyl halides is 1. The maximum atomic E-state index is 5.62. The quantitative estimate of drug-likeness (QED) is 0.696. The lowest BCUT2D eigenvalue weighted by Crippen LogP contribution is -2.01. The van der Waals surface area contributed by atoms with Gasteiger partial charge in [0.2, 0.25) is 0 Å². The van der Waals surface area contributed by atoms with Gasteiger partial charge in [-0.15, -0.1) is 0 Å². The molecule has 0 aliphatic carbocycles. The molecule has 0 heterocycles. The monoisotopic (exact) mass is 300 g/mol. The van der Waals surface area contributed by atoms with E-state index < -0.39 is 0 Å². The molecule has 0 N–H and O–H groups in total. The van der Waals surface area contributed by atoms with Gasteiger partial charge in [0, 0.05) is 5.33 Å². The number of hydrogen-bond acceptors (Lipinski definition) is 2. The molecule has 0 saturated heterocycles. The Kier molecular flexibility index (Phi) is 6.41. The van der Waals surface area contributed by atoms with Crippen LogP contribution >= 0.6 is 15.9 Å². The summed E-state index contributed by atoms with van der Waals surface area (Å²) in [4.78, 5) is 0. The Morgan fingerprint density at radius 3 is 2.35 bits per heavy atom. The fourth-order valence-electron chi connectivity index (χ4n) is 1.70. The average molecular weight is 301 g/mol. The Labute approximate surface area is 112 Å². The summed E-state index contributed by atoms with van der Waals surface area (Å²) in [7, 11) is 0. The summed E-state index contributed by atoms with van der Waals surface area (Å²) < 4.78 is 11.2. The Morgan fingerprint density at radius 2 is 1.76 bits per heavy atom. The minimum atomic E-state index is 0.532. The maximum absolute atomic E-state index is 5.62. The number of rotatable bonds is 7. The van der Waals surface area contributed by atoms with Gasteiger partial charge in [-0.2, -0.15) is 0 Å². The molecule has 0 amide bonds. The van der Waals surface area contributed by atoms with Crippen molar-refractivity contribution in [3.8, 4) is 11.5 Å². The average Bonchev–Trinajstić information content (AvgIpc) is 2.32. The molecule has 0 radical (unpaired) electrons. The Morgan fingerprint density at radius 1 is 1.12 bits per heavy atom. The van der Waals surface area contributed by atoms with Gasteiger partial charge in [-0.05, 0) is 43.9 Å². The molecule has 3 heteroatoms. The second-order valence-corrected chi connectivity index (χ2v) is 4.74. The molecule has 1 unspecified atom stereocenters. The molecule has 0 saturated carbocycles. The largest absolute Gasteiger partial charge is 0.490 e. The topological polar surface area (TPSA) is 18.5 Å². The minimum absolute atomic E-state index is 0.532. The highest BCUT2D eigenvalue weighted by Gasteiger charge is 2.10. The normalized spacial score (nSPS) is 12.2. The van der Waals surface area contributed by atoms with E-state index in [-0.39, 0.29) is 0 Å². The molecule has 0 aliphatic heterocycles. The van der Waals surface area contributed by atoms with Crippen molar-refractivity contribution < 1.29 is 9.47 Å². The van der Waals surface area contributed by atoms with Crippen LogP contribution in [0.5, 0.6) is 11.5 Å². The molecule has 0 aliphatic rings. The van der Waals surface area contributed by atoms with Crippen molar-refractivity contribution in [3.05, 3.63) is 23.8 Å². The highest BCUT2D eigenvalue weighted by molar-refractivity contribution is 9.09. The van der Waals surface area contributed by atoms with Crippen LogP contribution in [0.3, 0.4) is 0 Å². The van der Waals surface area contributed by atoms with E-state index in [9.17, 15) is 0 Å². The van der Waals surface area contributed by atoms with Crippen molar-refractivity contribution in [2.24, 2.45) is 0 Å². The Hall–Kier alpha value is -0.700. The summed E-state index contributed by atoms with van der Waals surface area (Å²) in [5.74, 6) is 2.22. The smallest absolute Gasteiger partial charge is 0.161 e. The summed E-state index contributed by atoms with van der Waals surface area (Å²) in [5.41, 5.74) is 1.30. The molecule has 1 aromatic carbocycles. The third-order valence-electron chi connectivity index (χ3n) is 2.68. The van der Waals surface area contributed by atoms with Gasteiger partial charge in [0.05, 0.1) is 13.2 Å². The summed E-state index contributed by atoms with van der Waals surface area (Å²) >= 11 is 3.48. The number of benzene rings is 1. The lowest BCUT2D eigenvalue weighted by Gasteiger charge is -2.15. The Balaban J connectivity index is 2.91. The second kappa shape index (κ2) is 7.59. The zero-order valence-corrected chi connectivity index (χ0v) is 12.4.